The molecular formula is C24H29N5O2. The first-order valence-corrected chi connectivity index (χ1v) is 10.8. The van der Waals surface area contributed by atoms with Crippen molar-refractivity contribution in [3.05, 3.63) is 77.2 Å². The van der Waals surface area contributed by atoms with Gasteiger partial charge in [-0.1, -0.05) is 43.3 Å². The second-order valence-corrected chi connectivity index (χ2v) is 8.42. The molecule has 162 valence electrons. The maximum atomic E-state index is 13.3. The Balaban J connectivity index is 1.57. The van der Waals surface area contributed by atoms with Crippen LogP contribution in [0.1, 0.15) is 65.4 Å². The number of aryl methyl sites for hydroxylation is 1. The number of amides is 1. The highest BCUT2D eigenvalue weighted by Crippen LogP contribution is 2.27. The Morgan fingerprint density at radius 3 is 2.65 bits per heavy atom. The van der Waals surface area contributed by atoms with E-state index < -0.39 is 0 Å². The Morgan fingerprint density at radius 2 is 2.00 bits per heavy atom. The van der Waals surface area contributed by atoms with Crippen molar-refractivity contribution in [2.45, 2.75) is 45.7 Å². The Kier molecular flexibility index (Phi) is 6.42. The lowest BCUT2D eigenvalue weighted by atomic mass is 10.0. The van der Waals surface area contributed by atoms with Gasteiger partial charge in [0, 0.05) is 38.6 Å². The lowest BCUT2D eigenvalue weighted by molar-refractivity contribution is 0.0631. The van der Waals surface area contributed by atoms with Crippen LogP contribution in [0.15, 0.2) is 53.3 Å². The van der Waals surface area contributed by atoms with Crippen molar-refractivity contribution < 1.29 is 9.32 Å². The van der Waals surface area contributed by atoms with Crippen molar-refractivity contribution in [2.75, 3.05) is 19.6 Å². The number of carbonyl (C=O) groups excluding carboxylic acids is 1. The molecule has 0 N–H and O–H groups in total. The smallest absolute Gasteiger partial charge is 0.256 e. The predicted octanol–water partition coefficient (Wildman–Crippen LogP) is 3.99. The van der Waals surface area contributed by atoms with Crippen LogP contribution >= 0.6 is 0 Å². The van der Waals surface area contributed by atoms with Gasteiger partial charge in [0.25, 0.3) is 11.8 Å². The van der Waals surface area contributed by atoms with E-state index in [1.807, 2.05) is 4.90 Å². The normalized spacial score (nSPS) is 17.7. The fourth-order valence-corrected chi connectivity index (χ4v) is 4.02. The van der Waals surface area contributed by atoms with Gasteiger partial charge in [-0.25, -0.2) is 0 Å². The van der Waals surface area contributed by atoms with Gasteiger partial charge in [0.1, 0.15) is 6.04 Å². The van der Waals surface area contributed by atoms with Crippen LogP contribution in [0.4, 0.5) is 0 Å². The number of carbonyl (C=O) groups is 1. The van der Waals surface area contributed by atoms with Gasteiger partial charge >= 0.3 is 0 Å². The topological polar surface area (TPSA) is 75.4 Å². The SMILES string of the molecule is Cc1noc(C2CN(Cc3ccc(C(C)C)cc3)CCCN2C(=O)c2cccnc2)n1. The molecule has 7 heteroatoms. The minimum atomic E-state index is -0.300. The highest BCUT2D eigenvalue weighted by atomic mass is 16.5. The van der Waals surface area contributed by atoms with Gasteiger partial charge in [-0.2, -0.15) is 4.98 Å². The summed E-state index contributed by atoms with van der Waals surface area (Å²) in [5.74, 6) is 1.52. The van der Waals surface area contributed by atoms with Crippen LogP contribution < -0.4 is 0 Å². The van der Waals surface area contributed by atoms with Crippen LogP contribution in [0.3, 0.4) is 0 Å². The van der Waals surface area contributed by atoms with Crippen molar-refractivity contribution in [3.8, 4) is 0 Å². The summed E-state index contributed by atoms with van der Waals surface area (Å²) >= 11 is 0. The highest BCUT2D eigenvalue weighted by molar-refractivity contribution is 5.94. The van der Waals surface area contributed by atoms with E-state index in [0.29, 0.717) is 36.3 Å². The van der Waals surface area contributed by atoms with Gasteiger partial charge in [0.15, 0.2) is 5.82 Å². The van der Waals surface area contributed by atoms with Crippen molar-refractivity contribution >= 4 is 5.91 Å². The fourth-order valence-electron chi connectivity index (χ4n) is 4.02. The van der Waals surface area contributed by atoms with Crippen LogP contribution in [0.25, 0.3) is 0 Å². The Morgan fingerprint density at radius 1 is 1.19 bits per heavy atom. The van der Waals surface area contributed by atoms with Gasteiger partial charge in [0.05, 0.1) is 5.56 Å². The first-order valence-electron chi connectivity index (χ1n) is 10.8. The van der Waals surface area contributed by atoms with Crippen LogP contribution in [-0.4, -0.2) is 50.5 Å². The van der Waals surface area contributed by atoms with E-state index in [0.717, 1.165) is 19.5 Å². The van der Waals surface area contributed by atoms with Crippen molar-refractivity contribution in [2.24, 2.45) is 0 Å². The second kappa shape index (κ2) is 9.39. The van der Waals surface area contributed by atoms with E-state index in [4.69, 9.17) is 4.52 Å². The van der Waals surface area contributed by atoms with E-state index in [1.165, 1.54) is 11.1 Å². The molecule has 2 aromatic heterocycles. The molecule has 1 aliphatic rings. The number of benzene rings is 1. The third-order valence-corrected chi connectivity index (χ3v) is 5.73. The molecule has 0 aliphatic carbocycles. The van der Waals surface area contributed by atoms with Gasteiger partial charge in [-0.3, -0.25) is 14.7 Å². The highest BCUT2D eigenvalue weighted by Gasteiger charge is 2.34. The zero-order valence-corrected chi connectivity index (χ0v) is 18.4. The van der Waals surface area contributed by atoms with Gasteiger partial charge in [0.2, 0.25) is 0 Å². The van der Waals surface area contributed by atoms with Crippen molar-refractivity contribution in [3.63, 3.8) is 0 Å². The molecule has 1 unspecified atom stereocenters. The first kappa shape index (κ1) is 21.2. The molecule has 0 saturated carbocycles. The molecule has 1 atom stereocenters. The molecule has 1 aliphatic heterocycles. The number of aromatic nitrogens is 3. The molecular weight excluding hydrogens is 390 g/mol. The zero-order chi connectivity index (χ0) is 21.8. The second-order valence-electron chi connectivity index (χ2n) is 8.42. The van der Waals surface area contributed by atoms with E-state index in [9.17, 15) is 4.79 Å². The summed E-state index contributed by atoms with van der Waals surface area (Å²) in [6.07, 6.45) is 4.15. The molecule has 0 spiro atoms. The van der Waals surface area contributed by atoms with E-state index in [2.05, 4.69) is 58.1 Å². The predicted molar refractivity (Wildman–Crippen MR) is 117 cm³/mol. The Bertz CT molecular complexity index is 1000. The molecule has 3 heterocycles. The third kappa shape index (κ3) is 4.99. The van der Waals surface area contributed by atoms with E-state index in [-0.39, 0.29) is 11.9 Å². The largest absolute Gasteiger partial charge is 0.337 e. The Hall–Kier alpha value is -3.06. The summed E-state index contributed by atoms with van der Waals surface area (Å²) in [6, 6.07) is 12.1. The molecule has 1 amide bonds. The lowest BCUT2D eigenvalue weighted by Gasteiger charge is -2.29. The number of hydrogen-bond acceptors (Lipinski definition) is 6. The maximum Gasteiger partial charge on any atom is 0.256 e. The summed E-state index contributed by atoms with van der Waals surface area (Å²) < 4.78 is 5.52. The lowest BCUT2D eigenvalue weighted by Crippen LogP contribution is -2.38. The average Bonchev–Trinajstić information content (AvgIpc) is 3.10. The molecule has 1 aromatic carbocycles. The summed E-state index contributed by atoms with van der Waals surface area (Å²) in [5, 5.41) is 3.97. The minimum Gasteiger partial charge on any atom is -0.337 e. The van der Waals surface area contributed by atoms with Crippen LogP contribution in [0.2, 0.25) is 0 Å². The number of pyridine rings is 1. The van der Waals surface area contributed by atoms with Gasteiger partial charge in [-0.15, -0.1) is 0 Å². The molecule has 3 aromatic rings. The molecule has 1 saturated heterocycles. The molecule has 7 nitrogen and oxygen atoms in total. The standard InChI is InChI=1S/C24H29N5O2/c1-17(2)20-9-7-19(8-10-20)15-28-12-5-13-29(24(30)21-6-4-11-25-14-21)22(16-28)23-26-18(3)27-31-23/h4,6-11,14,17,22H,5,12-13,15-16H2,1-3H3. The minimum absolute atomic E-state index is 0.0583. The van der Waals surface area contributed by atoms with Gasteiger partial charge in [-0.05, 0) is 42.5 Å². The van der Waals surface area contributed by atoms with E-state index in [1.54, 1.807) is 31.5 Å². The summed E-state index contributed by atoms with van der Waals surface area (Å²) in [4.78, 5) is 26.1. The number of hydrogen-bond donors (Lipinski definition) is 0. The maximum absolute atomic E-state index is 13.3. The van der Waals surface area contributed by atoms with E-state index >= 15 is 0 Å². The summed E-state index contributed by atoms with van der Waals surface area (Å²) in [7, 11) is 0. The number of rotatable bonds is 5. The summed E-state index contributed by atoms with van der Waals surface area (Å²) in [5.41, 5.74) is 3.17. The van der Waals surface area contributed by atoms with Crippen LogP contribution in [-0.2, 0) is 6.54 Å². The quantitative estimate of drug-likeness (QED) is 0.623. The summed E-state index contributed by atoms with van der Waals surface area (Å²) in [6.45, 7) is 9.18. The van der Waals surface area contributed by atoms with Crippen molar-refractivity contribution in [1.29, 1.82) is 0 Å². The van der Waals surface area contributed by atoms with Crippen LogP contribution in [0.5, 0.6) is 0 Å². The average molecular weight is 420 g/mol. The molecule has 4 rings (SSSR count). The fraction of sp³-hybridized carbons (Fsp3) is 0.417. The monoisotopic (exact) mass is 419 g/mol. The molecule has 1 fully saturated rings. The molecule has 0 bridgehead atoms. The molecule has 31 heavy (non-hydrogen) atoms. The van der Waals surface area contributed by atoms with Crippen LogP contribution in [0, 0.1) is 6.92 Å². The third-order valence-electron chi connectivity index (χ3n) is 5.73. The zero-order valence-electron chi connectivity index (χ0n) is 18.4. The number of nitrogens with zero attached hydrogens (tertiary/aromatic N) is 5. The van der Waals surface area contributed by atoms with Gasteiger partial charge < -0.3 is 9.42 Å². The van der Waals surface area contributed by atoms with Crippen molar-refractivity contribution in [1.82, 2.24) is 24.9 Å². The Labute approximate surface area is 183 Å². The first-order chi connectivity index (χ1) is 15.0. The molecule has 0 radical (unpaired) electrons.